The van der Waals surface area contributed by atoms with Gasteiger partial charge in [0.25, 0.3) is 5.56 Å². The van der Waals surface area contributed by atoms with Crippen molar-refractivity contribution in [2.24, 2.45) is 13.0 Å². The minimum absolute atomic E-state index is 0.00674. The van der Waals surface area contributed by atoms with Crippen LogP contribution in [0, 0.1) is 17.2 Å². The topological polar surface area (TPSA) is 87.8 Å². The van der Waals surface area contributed by atoms with Crippen molar-refractivity contribution in [3.63, 3.8) is 0 Å². The minimum Gasteiger partial charge on any atom is -0.337 e. The Labute approximate surface area is 167 Å². The second-order valence-electron chi connectivity index (χ2n) is 7.46. The summed E-state index contributed by atoms with van der Waals surface area (Å²) in [7, 11) is 1.70. The molecule has 0 radical (unpaired) electrons. The molecule has 8 heteroatoms. The summed E-state index contributed by atoms with van der Waals surface area (Å²) >= 11 is 2.84. The zero-order valence-corrected chi connectivity index (χ0v) is 17.7. The lowest BCUT2D eigenvalue weighted by Gasteiger charge is -2.27. The SMILES string of the molecule is CC(C)C(C)(C#N)NC(=O)CSc1nc2sc3c(c2c(=O)n1C)CCCC3. The molecule has 2 heterocycles. The Kier molecular flexibility index (Phi) is 5.63. The zero-order chi connectivity index (χ0) is 19.8. The molecule has 2 aromatic rings. The van der Waals surface area contributed by atoms with Crippen LogP contribution >= 0.6 is 23.1 Å². The molecule has 1 N–H and O–H groups in total. The Hall–Kier alpha value is -1.85. The molecule has 144 valence electrons. The van der Waals surface area contributed by atoms with Crippen molar-refractivity contribution >= 4 is 39.2 Å². The summed E-state index contributed by atoms with van der Waals surface area (Å²) in [6.07, 6.45) is 4.25. The normalized spacial score (nSPS) is 16.0. The highest BCUT2D eigenvalue weighted by molar-refractivity contribution is 7.99. The van der Waals surface area contributed by atoms with Gasteiger partial charge in [-0.05, 0) is 44.1 Å². The molecule has 3 rings (SSSR count). The molecule has 0 aromatic carbocycles. The fraction of sp³-hybridized carbons (Fsp3) is 0.579. The first-order valence-corrected chi connectivity index (χ1v) is 10.9. The number of rotatable bonds is 5. The molecule has 0 saturated heterocycles. The van der Waals surface area contributed by atoms with Gasteiger partial charge in [-0.3, -0.25) is 14.2 Å². The molecule has 1 atom stereocenters. The summed E-state index contributed by atoms with van der Waals surface area (Å²) in [4.78, 5) is 31.9. The fourth-order valence-electron chi connectivity index (χ4n) is 3.15. The van der Waals surface area contributed by atoms with Gasteiger partial charge in [0.05, 0.1) is 17.2 Å². The molecule has 1 aliphatic carbocycles. The third-order valence-corrected chi connectivity index (χ3v) is 7.49. The second-order valence-corrected chi connectivity index (χ2v) is 9.48. The lowest BCUT2D eigenvalue weighted by atomic mass is 9.90. The highest BCUT2D eigenvalue weighted by Crippen LogP contribution is 2.34. The third-order valence-electron chi connectivity index (χ3n) is 5.27. The molecule has 27 heavy (non-hydrogen) atoms. The van der Waals surface area contributed by atoms with Gasteiger partial charge in [0, 0.05) is 11.9 Å². The first-order chi connectivity index (χ1) is 12.8. The van der Waals surface area contributed by atoms with Crippen LogP contribution in [0.1, 0.15) is 44.1 Å². The molecule has 0 spiro atoms. The maximum Gasteiger partial charge on any atom is 0.262 e. The van der Waals surface area contributed by atoms with Crippen molar-refractivity contribution < 1.29 is 4.79 Å². The highest BCUT2D eigenvalue weighted by atomic mass is 32.2. The van der Waals surface area contributed by atoms with Gasteiger partial charge in [0.1, 0.15) is 10.4 Å². The standard InChI is InChI=1S/C19H24N4O2S2/c1-11(2)19(3,10-20)22-14(24)9-26-18-21-16-15(17(25)23(18)4)12-7-5-6-8-13(12)27-16/h11H,5-9H2,1-4H3,(H,22,24). The van der Waals surface area contributed by atoms with E-state index in [9.17, 15) is 14.9 Å². The quantitative estimate of drug-likeness (QED) is 0.611. The number of thiophene rings is 1. The number of thioether (sulfide) groups is 1. The Balaban J connectivity index is 1.82. The number of nitriles is 1. The Morgan fingerprint density at radius 2 is 2.15 bits per heavy atom. The summed E-state index contributed by atoms with van der Waals surface area (Å²) < 4.78 is 1.54. The van der Waals surface area contributed by atoms with Gasteiger partial charge in [-0.15, -0.1) is 11.3 Å². The number of carbonyl (C=O) groups is 1. The first kappa shape index (κ1) is 19.9. The van der Waals surface area contributed by atoms with Crippen LogP contribution < -0.4 is 10.9 Å². The van der Waals surface area contributed by atoms with E-state index < -0.39 is 5.54 Å². The predicted octanol–water partition coefficient (Wildman–Crippen LogP) is 3.02. The van der Waals surface area contributed by atoms with Crippen molar-refractivity contribution in [2.45, 2.75) is 57.1 Å². The van der Waals surface area contributed by atoms with Crippen molar-refractivity contribution in [1.82, 2.24) is 14.9 Å². The molecular formula is C19H24N4O2S2. The lowest BCUT2D eigenvalue weighted by Crippen LogP contribution is -2.49. The molecular weight excluding hydrogens is 380 g/mol. The summed E-state index contributed by atoms with van der Waals surface area (Å²) in [6.45, 7) is 5.51. The highest BCUT2D eigenvalue weighted by Gasteiger charge is 2.30. The van der Waals surface area contributed by atoms with Crippen LogP contribution in [0.4, 0.5) is 0 Å². The molecule has 0 fully saturated rings. The average molecular weight is 405 g/mol. The van der Waals surface area contributed by atoms with E-state index in [-0.39, 0.29) is 23.1 Å². The number of aromatic nitrogens is 2. The van der Waals surface area contributed by atoms with E-state index in [1.54, 1.807) is 25.3 Å². The number of aryl methyl sites for hydroxylation is 2. The second kappa shape index (κ2) is 7.64. The van der Waals surface area contributed by atoms with Crippen LogP contribution in [0.3, 0.4) is 0 Å². The Bertz CT molecular complexity index is 986. The van der Waals surface area contributed by atoms with Crippen molar-refractivity contribution in [2.75, 3.05) is 5.75 Å². The Morgan fingerprint density at radius 3 is 2.81 bits per heavy atom. The maximum absolute atomic E-state index is 12.9. The van der Waals surface area contributed by atoms with Crippen LogP contribution in [-0.2, 0) is 24.7 Å². The molecule has 1 aliphatic rings. The third kappa shape index (κ3) is 3.76. The first-order valence-electron chi connectivity index (χ1n) is 9.13. The molecule has 6 nitrogen and oxygen atoms in total. The van der Waals surface area contributed by atoms with E-state index >= 15 is 0 Å². The summed E-state index contributed by atoms with van der Waals surface area (Å²) in [5, 5.41) is 13.4. The van der Waals surface area contributed by atoms with Gasteiger partial charge in [-0.2, -0.15) is 5.26 Å². The van der Waals surface area contributed by atoms with Gasteiger partial charge in [0.15, 0.2) is 5.16 Å². The molecule has 0 aliphatic heterocycles. The molecule has 0 bridgehead atoms. The van der Waals surface area contributed by atoms with E-state index in [1.807, 2.05) is 13.8 Å². The largest absolute Gasteiger partial charge is 0.337 e. The molecule has 2 aromatic heterocycles. The lowest BCUT2D eigenvalue weighted by molar-refractivity contribution is -0.120. The average Bonchev–Trinajstić information content (AvgIpc) is 3.01. The molecule has 0 saturated carbocycles. The zero-order valence-electron chi connectivity index (χ0n) is 16.1. The monoisotopic (exact) mass is 404 g/mol. The van der Waals surface area contributed by atoms with Gasteiger partial charge in [-0.1, -0.05) is 25.6 Å². The van der Waals surface area contributed by atoms with Crippen LogP contribution in [0.5, 0.6) is 0 Å². The van der Waals surface area contributed by atoms with Crippen molar-refractivity contribution in [3.8, 4) is 6.07 Å². The van der Waals surface area contributed by atoms with Crippen LogP contribution in [0.25, 0.3) is 10.2 Å². The predicted molar refractivity (Wildman–Crippen MR) is 109 cm³/mol. The minimum atomic E-state index is -0.909. The van der Waals surface area contributed by atoms with Crippen molar-refractivity contribution in [3.05, 3.63) is 20.8 Å². The van der Waals surface area contributed by atoms with Gasteiger partial charge < -0.3 is 5.32 Å². The molecule has 1 unspecified atom stereocenters. The number of carbonyl (C=O) groups excluding carboxylic acids is 1. The summed E-state index contributed by atoms with van der Waals surface area (Å²) in [5.41, 5.74) is 0.227. The number of nitrogens with zero attached hydrogens (tertiary/aromatic N) is 3. The van der Waals surface area contributed by atoms with E-state index in [0.717, 1.165) is 35.9 Å². The Morgan fingerprint density at radius 1 is 1.44 bits per heavy atom. The van der Waals surface area contributed by atoms with Gasteiger partial charge >= 0.3 is 0 Å². The number of nitrogens with one attached hydrogen (secondary N) is 1. The number of amides is 1. The summed E-state index contributed by atoms with van der Waals surface area (Å²) in [5.74, 6) is -0.133. The van der Waals surface area contributed by atoms with Crippen molar-refractivity contribution in [1.29, 1.82) is 5.26 Å². The van der Waals surface area contributed by atoms with E-state index in [0.29, 0.717) is 5.16 Å². The number of fused-ring (bicyclic) bond motifs is 3. The van der Waals surface area contributed by atoms with Crippen LogP contribution in [0.2, 0.25) is 0 Å². The van der Waals surface area contributed by atoms with E-state index in [4.69, 9.17) is 0 Å². The fourth-order valence-corrected chi connectivity index (χ4v) is 5.23. The summed E-state index contributed by atoms with van der Waals surface area (Å²) in [6, 6.07) is 2.17. The van der Waals surface area contributed by atoms with Gasteiger partial charge in [-0.25, -0.2) is 4.98 Å². The molecule has 1 amide bonds. The van der Waals surface area contributed by atoms with E-state index in [1.165, 1.54) is 26.8 Å². The van der Waals surface area contributed by atoms with Gasteiger partial charge in [0.2, 0.25) is 5.91 Å². The van der Waals surface area contributed by atoms with E-state index in [2.05, 4.69) is 16.4 Å². The van der Waals surface area contributed by atoms with Crippen LogP contribution in [0.15, 0.2) is 9.95 Å². The number of hydrogen-bond donors (Lipinski definition) is 1. The number of hydrogen-bond acceptors (Lipinski definition) is 6. The maximum atomic E-state index is 12.9. The van der Waals surface area contributed by atoms with Crippen LogP contribution in [-0.4, -0.2) is 26.8 Å². The smallest absolute Gasteiger partial charge is 0.262 e.